The molecule has 1 N–H and O–H groups in total. The molecule has 0 aliphatic carbocycles. The summed E-state index contributed by atoms with van der Waals surface area (Å²) in [7, 11) is -2.31. The Bertz CT molecular complexity index is 786. The van der Waals surface area contributed by atoms with Crippen LogP contribution in [0.1, 0.15) is 11.4 Å². The summed E-state index contributed by atoms with van der Waals surface area (Å²) in [5.41, 5.74) is -0.119. The van der Waals surface area contributed by atoms with E-state index >= 15 is 0 Å². The highest BCUT2D eigenvalue weighted by Crippen LogP contribution is 2.19. The summed E-state index contributed by atoms with van der Waals surface area (Å²) in [6.45, 7) is 1.65. The van der Waals surface area contributed by atoms with Gasteiger partial charge in [-0.3, -0.25) is 4.72 Å². The minimum atomic E-state index is -3.96. The first-order valence-electron chi connectivity index (χ1n) is 5.56. The van der Waals surface area contributed by atoms with Crippen molar-refractivity contribution in [2.75, 3.05) is 4.72 Å². The van der Waals surface area contributed by atoms with Crippen LogP contribution in [0.2, 0.25) is 0 Å². The molecule has 0 radical (unpaired) electrons. The molecule has 6 nitrogen and oxygen atoms in total. The molecule has 0 aliphatic rings. The lowest BCUT2D eigenvalue weighted by atomic mass is 10.2. The first kappa shape index (κ1) is 14.0. The lowest BCUT2D eigenvalue weighted by Crippen LogP contribution is -2.14. The minimum absolute atomic E-state index is 0.110. The Morgan fingerprint density at radius 3 is 2.65 bits per heavy atom. The Morgan fingerprint density at radius 1 is 1.45 bits per heavy atom. The van der Waals surface area contributed by atoms with E-state index in [4.69, 9.17) is 5.26 Å². The number of hydrogen-bond acceptors (Lipinski definition) is 4. The standard InChI is InChI=1S/C12H11FN4O2S/c1-8-15-12(7-17(8)2)20(18,19)16-11-4-3-9(6-14)5-10(11)13/h3-5,7,16H,1-2H3. The molecular formula is C12H11FN4O2S. The first-order chi connectivity index (χ1) is 9.33. The summed E-state index contributed by atoms with van der Waals surface area (Å²) >= 11 is 0. The molecule has 0 aliphatic heterocycles. The molecule has 0 bridgehead atoms. The van der Waals surface area contributed by atoms with Crippen LogP contribution in [0.4, 0.5) is 10.1 Å². The molecule has 8 heteroatoms. The monoisotopic (exact) mass is 294 g/mol. The molecule has 0 fully saturated rings. The number of nitrogens with one attached hydrogen (secondary N) is 1. The molecular weight excluding hydrogens is 283 g/mol. The number of halogens is 1. The Balaban J connectivity index is 2.36. The molecule has 0 saturated heterocycles. The van der Waals surface area contributed by atoms with Crippen LogP contribution < -0.4 is 4.72 Å². The fourth-order valence-electron chi connectivity index (χ4n) is 1.52. The third kappa shape index (κ3) is 2.62. The summed E-state index contributed by atoms with van der Waals surface area (Å²) in [5, 5.41) is 8.44. The second kappa shape index (κ2) is 4.94. The topological polar surface area (TPSA) is 87.8 Å². The Hall–Kier alpha value is -2.40. The molecule has 1 aromatic heterocycles. The highest BCUT2D eigenvalue weighted by Gasteiger charge is 2.20. The third-order valence-electron chi connectivity index (χ3n) is 2.70. The normalized spacial score (nSPS) is 11.1. The van der Waals surface area contributed by atoms with Crippen molar-refractivity contribution in [2.45, 2.75) is 11.9 Å². The van der Waals surface area contributed by atoms with Crippen LogP contribution >= 0.6 is 0 Å². The second-order valence-corrected chi connectivity index (χ2v) is 5.78. The maximum Gasteiger partial charge on any atom is 0.281 e. The number of nitrogens with zero attached hydrogens (tertiary/aromatic N) is 3. The number of nitriles is 1. The molecule has 2 aromatic rings. The number of sulfonamides is 1. The van der Waals surface area contributed by atoms with Gasteiger partial charge in [-0.1, -0.05) is 0 Å². The number of aromatic nitrogens is 2. The van der Waals surface area contributed by atoms with E-state index in [1.807, 2.05) is 0 Å². The fourth-order valence-corrected chi connectivity index (χ4v) is 2.63. The predicted octanol–water partition coefficient (Wildman–Crippen LogP) is 1.54. The van der Waals surface area contributed by atoms with Gasteiger partial charge >= 0.3 is 0 Å². The van der Waals surface area contributed by atoms with E-state index < -0.39 is 15.8 Å². The first-order valence-corrected chi connectivity index (χ1v) is 7.04. The molecule has 20 heavy (non-hydrogen) atoms. The number of rotatable bonds is 3. The summed E-state index contributed by atoms with van der Waals surface area (Å²) in [6.07, 6.45) is 1.33. The lowest BCUT2D eigenvalue weighted by Gasteiger charge is -2.06. The van der Waals surface area contributed by atoms with Gasteiger partial charge in [-0.2, -0.15) is 13.7 Å². The third-order valence-corrected chi connectivity index (χ3v) is 3.94. The fraction of sp³-hybridized carbons (Fsp3) is 0.167. The van der Waals surface area contributed by atoms with E-state index in [-0.39, 0.29) is 16.3 Å². The Kier molecular flexibility index (Phi) is 3.46. The number of imidazole rings is 1. The molecule has 1 heterocycles. The van der Waals surface area contributed by atoms with Gasteiger partial charge in [0.1, 0.15) is 11.6 Å². The minimum Gasteiger partial charge on any atom is -0.337 e. The van der Waals surface area contributed by atoms with Gasteiger partial charge in [0.05, 0.1) is 17.3 Å². The zero-order valence-electron chi connectivity index (χ0n) is 10.8. The van der Waals surface area contributed by atoms with Crippen molar-refractivity contribution < 1.29 is 12.8 Å². The van der Waals surface area contributed by atoms with Crippen molar-refractivity contribution in [3.05, 3.63) is 41.6 Å². The van der Waals surface area contributed by atoms with Crippen LogP contribution in [0.25, 0.3) is 0 Å². The zero-order chi connectivity index (χ0) is 14.9. The average Bonchev–Trinajstić information content (AvgIpc) is 2.73. The predicted molar refractivity (Wildman–Crippen MR) is 69.9 cm³/mol. The smallest absolute Gasteiger partial charge is 0.281 e. The van der Waals surface area contributed by atoms with Gasteiger partial charge in [0.15, 0.2) is 5.03 Å². The van der Waals surface area contributed by atoms with E-state index in [2.05, 4.69) is 9.71 Å². The van der Waals surface area contributed by atoms with Gasteiger partial charge in [0.2, 0.25) is 0 Å². The van der Waals surface area contributed by atoms with E-state index in [1.165, 1.54) is 18.3 Å². The van der Waals surface area contributed by atoms with Crippen LogP contribution in [0, 0.1) is 24.1 Å². The van der Waals surface area contributed by atoms with Crippen LogP contribution in [-0.2, 0) is 17.1 Å². The van der Waals surface area contributed by atoms with Crippen molar-refractivity contribution in [3.63, 3.8) is 0 Å². The lowest BCUT2D eigenvalue weighted by molar-refractivity contribution is 0.595. The van der Waals surface area contributed by atoms with E-state index in [0.717, 1.165) is 6.07 Å². The number of benzene rings is 1. The number of hydrogen-bond donors (Lipinski definition) is 1. The highest BCUT2D eigenvalue weighted by atomic mass is 32.2. The van der Waals surface area contributed by atoms with E-state index in [0.29, 0.717) is 5.82 Å². The molecule has 0 unspecified atom stereocenters. The second-order valence-electron chi connectivity index (χ2n) is 4.15. The van der Waals surface area contributed by atoms with Gasteiger partial charge in [-0.15, -0.1) is 0 Å². The van der Waals surface area contributed by atoms with Crippen LogP contribution in [0.5, 0.6) is 0 Å². The van der Waals surface area contributed by atoms with Gasteiger partial charge in [-0.25, -0.2) is 9.37 Å². The van der Waals surface area contributed by atoms with Crippen molar-refractivity contribution >= 4 is 15.7 Å². The van der Waals surface area contributed by atoms with Gasteiger partial charge in [-0.05, 0) is 25.1 Å². The SMILES string of the molecule is Cc1nc(S(=O)(=O)Nc2ccc(C#N)cc2F)cn1C. The summed E-state index contributed by atoms with van der Waals surface area (Å²) in [5.74, 6) is -0.300. The molecule has 0 saturated carbocycles. The van der Waals surface area contributed by atoms with Crippen LogP contribution in [0.15, 0.2) is 29.4 Å². The molecule has 0 atom stereocenters. The quantitative estimate of drug-likeness (QED) is 0.930. The highest BCUT2D eigenvalue weighted by molar-refractivity contribution is 7.92. The maximum atomic E-state index is 13.7. The molecule has 0 amide bonds. The van der Waals surface area contributed by atoms with Gasteiger partial charge in [0, 0.05) is 13.2 Å². The van der Waals surface area contributed by atoms with Crippen molar-refractivity contribution in [1.29, 1.82) is 5.26 Å². The van der Waals surface area contributed by atoms with E-state index in [1.54, 1.807) is 24.6 Å². The molecule has 2 rings (SSSR count). The largest absolute Gasteiger partial charge is 0.337 e. The van der Waals surface area contributed by atoms with Gasteiger partial charge in [0.25, 0.3) is 10.0 Å². The Labute approximate surface area is 115 Å². The summed E-state index contributed by atoms with van der Waals surface area (Å²) in [4.78, 5) is 3.88. The van der Waals surface area contributed by atoms with Crippen LogP contribution in [0.3, 0.4) is 0 Å². The van der Waals surface area contributed by atoms with Crippen molar-refractivity contribution in [2.24, 2.45) is 7.05 Å². The Morgan fingerprint density at radius 2 is 2.15 bits per heavy atom. The average molecular weight is 294 g/mol. The van der Waals surface area contributed by atoms with E-state index in [9.17, 15) is 12.8 Å². The zero-order valence-corrected chi connectivity index (χ0v) is 11.6. The number of anilines is 1. The molecule has 0 spiro atoms. The summed E-state index contributed by atoms with van der Waals surface area (Å²) in [6, 6.07) is 5.25. The van der Waals surface area contributed by atoms with Gasteiger partial charge < -0.3 is 4.57 Å². The van der Waals surface area contributed by atoms with Crippen LogP contribution in [-0.4, -0.2) is 18.0 Å². The van der Waals surface area contributed by atoms with Crippen molar-refractivity contribution in [3.8, 4) is 6.07 Å². The van der Waals surface area contributed by atoms with Crippen molar-refractivity contribution in [1.82, 2.24) is 9.55 Å². The molecule has 1 aromatic carbocycles. The number of aryl methyl sites for hydroxylation is 2. The molecule has 104 valence electrons. The maximum absolute atomic E-state index is 13.7. The summed E-state index contributed by atoms with van der Waals surface area (Å²) < 4.78 is 41.4.